The van der Waals surface area contributed by atoms with E-state index in [1.54, 1.807) is 6.07 Å². The Hall–Kier alpha value is -2.07. The molecule has 0 N–H and O–H groups in total. The summed E-state index contributed by atoms with van der Waals surface area (Å²) in [5.74, 6) is 5.50. The van der Waals surface area contributed by atoms with Gasteiger partial charge in [-0.05, 0) is 36.8 Å². The zero-order valence-electron chi connectivity index (χ0n) is 9.00. The van der Waals surface area contributed by atoms with Gasteiger partial charge in [0.25, 0.3) is 0 Å². The molecule has 2 aromatic rings. The highest BCUT2D eigenvalue weighted by atomic mass is 19.1. The van der Waals surface area contributed by atoms with Gasteiger partial charge in [-0.25, -0.2) is 4.39 Å². The van der Waals surface area contributed by atoms with E-state index in [0.717, 1.165) is 11.1 Å². The molecule has 0 bridgehead atoms. The second kappa shape index (κ2) is 4.63. The topological polar surface area (TPSA) is 0 Å². The van der Waals surface area contributed by atoms with E-state index in [4.69, 9.17) is 0 Å². The highest BCUT2D eigenvalue weighted by Gasteiger charge is 1.97. The predicted molar refractivity (Wildman–Crippen MR) is 63.6 cm³/mol. The van der Waals surface area contributed by atoms with Crippen LogP contribution in [0.3, 0.4) is 0 Å². The quantitative estimate of drug-likeness (QED) is 0.583. The van der Waals surface area contributed by atoms with Crippen LogP contribution in [-0.4, -0.2) is 0 Å². The third kappa shape index (κ3) is 2.49. The minimum atomic E-state index is -0.261. The molecule has 0 nitrogen and oxygen atoms in total. The monoisotopic (exact) mass is 210 g/mol. The van der Waals surface area contributed by atoms with E-state index in [-0.39, 0.29) is 5.82 Å². The van der Waals surface area contributed by atoms with Crippen LogP contribution in [0.2, 0.25) is 0 Å². The summed E-state index contributed by atoms with van der Waals surface area (Å²) in [4.78, 5) is 0. The SMILES string of the molecule is Cc1ccc(C#Cc2ccccc2)c(F)c1. The van der Waals surface area contributed by atoms with Gasteiger partial charge in [0.1, 0.15) is 5.82 Å². The van der Waals surface area contributed by atoms with Gasteiger partial charge in [-0.3, -0.25) is 0 Å². The van der Waals surface area contributed by atoms with Gasteiger partial charge in [0.15, 0.2) is 0 Å². The van der Waals surface area contributed by atoms with Gasteiger partial charge in [0.2, 0.25) is 0 Å². The van der Waals surface area contributed by atoms with Crippen molar-refractivity contribution < 1.29 is 4.39 Å². The van der Waals surface area contributed by atoms with Crippen LogP contribution in [0.5, 0.6) is 0 Å². The lowest BCUT2D eigenvalue weighted by Gasteiger charge is -1.95. The van der Waals surface area contributed by atoms with Crippen molar-refractivity contribution in [1.82, 2.24) is 0 Å². The average Bonchev–Trinajstić information content (AvgIpc) is 2.29. The van der Waals surface area contributed by atoms with Gasteiger partial charge in [-0.15, -0.1) is 0 Å². The van der Waals surface area contributed by atoms with Crippen LogP contribution >= 0.6 is 0 Å². The summed E-state index contributed by atoms with van der Waals surface area (Å²) in [7, 11) is 0. The number of rotatable bonds is 0. The van der Waals surface area contributed by atoms with Crippen molar-refractivity contribution in [3.8, 4) is 11.8 Å². The zero-order chi connectivity index (χ0) is 11.4. The third-order valence-corrected chi connectivity index (χ3v) is 2.24. The standard InChI is InChI=1S/C15H11F/c1-12-7-9-14(15(16)11-12)10-8-13-5-3-2-4-6-13/h2-7,9,11H,1H3. The van der Waals surface area contributed by atoms with Crippen LogP contribution in [0.15, 0.2) is 48.5 Å². The molecule has 78 valence electrons. The fraction of sp³-hybridized carbons (Fsp3) is 0.0667. The third-order valence-electron chi connectivity index (χ3n) is 2.24. The summed E-state index contributed by atoms with van der Waals surface area (Å²) in [6.45, 7) is 1.86. The van der Waals surface area contributed by atoms with Gasteiger partial charge < -0.3 is 0 Å². The summed E-state index contributed by atoms with van der Waals surface area (Å²) in [5.41, 5.74) is 2.24. The maximum Gasteiger partial charge on any atom is 0.139 e. The molecule has 16 heavy (non-hydrogen) atoms. The van der Waals surface area contributed by atoms with Crippen molar-refractivity contribution >= 4 is 0 Å². The van der Waals surface area contributed by atoms with E-state index < -0.39 is 0 Å². The number of benzene rings is 2. The van der Waals surface area contributed by atoms with Crippen molar-refractivity contribution in [1.29, 1.82) is 0 Å². The molecular weight excluding hydrogens is 199 g/mol. The molecule has 0 fully saturated rings. The first kappa shape index (κ1) is 10.4. The van der Waals surface area contributed by atoms with Gasteiger partial charge in [-0.1, -0.05) is 36.1 Å². The zero-order valence-corrected chi connectivity index (χ0v) is 9.00. The highest BCUT2D eigenvalue weighted by Crippen LogP contribution is 2.08. The summed E-state index contributed by atoms with van der Waals surface area (Å²) in [6, 6.07) is 14.6. The summed E-state index contributed by atoms with van der Waals surface area (Å²) in [5, 5.41) is 0. The van der Waals surface area contributed by atoms with Crippen LogP contribution in [0.25, 0.3) is 0 Å². The Bertz CT molecular complexity index is 545. The highest BCUT2D eigenvalue weighted by molar-refractivity contribution is 5.43. The molecule has 0 amide bonds. The van der Waals surface area contributed by atoms with E-state index in [1.807, 2.05) is 43.3 Å². The second-order valence-electron chi connectivity index (χ2n) is 3.60. The van der Waals surface area contributed by atoms with Crippen LogP contribution in [0.1, 0.15) is 16.7 Å². The molecule has 2 rings (SSSR count). The van der Waals surface area contributed by atoms with Gasteiger partial charge in [0.05, 0.1) is 5.56 Å². The Morgan fingerprint density at radius 1 is 0.938 bits per heavy atom. The minimum Gasteiger partial charge on any atom is -0.206 e. The van der Waals surface area contributed by atoms with Crippen LogP contribution in [-0.2, 0) is 0 Å². The molecule has 0 spiro atoms. The molecule has 0 radical (unpaired) electrons. The predicted octanol–water partition coefficient (Wildman–Crippen LogP) is 3.53. The van der Waals surface area contributed by atoms with Gasteiger partial charge >= 0.3 is 0 Å². The Balaban J connectivity index is 2.31. The molecule has 0 aliphatic heterocycles. The van der Waals surface area contributed by atoms with Crippen molar-refractivity contribution in [3.05, 3.63) is 71.0 Å². The molecule has 0 aromatic heterocycles. The molecule has 0 unspecified atom stereocenters. The second-order valence-corrected chi connectivity index (χ2v) is 3.60. The molecule has 0 saturated heterocycles. The number of halogens is 1. The molecule has 0 aliphatic carbocycles. The maximum absolute atomic E-state index is 13.5. The van der Waals surface area contributed by atoms with E-state index in [9.17, 15) is 4.39 Å². The maximum atomic E-state index is 13.5. The van der Waals surface area contributed by atoms with Gasteiger partial charge in [0, 0.05) is 5.56 Å². The van der Waals surface area contributed by atoms with Crippen molar-refractivity contribution in [2.24, 2.45) is 0 Å². The summed E-state index contributed by atoms with van der Waals surface area (Å²) in [6.07, 6.45) is 0. The molecular formula is C15H11F. The van der Waals surface area contributed by atoms with E-state index in [0.29, 0.717) is 5.56 Å². The number of hydrogen-bond acceptors (Lipinski definition) is 0. The van der Waals surface area contributed by atoms with Gasteiger partial charge in [-0.2, -0.15) is 0 Å². The Morgan fingerprint density at radius 3 is 2.38 bits per heavy atom. The molecule has 0 aliphatic rings. The molecule has 0 heterocycles. The molecule has 2 aromatic carbocycles. The molecule has 1 heteroatoms. The Labute approximate surface area is 94.7 Å². The lowest BCUT2D eigenvalue weighted by molar-refractivity contribution is 0.623. The van der Waals surface area contributed by atoms with Crippen molar-refractivity contribution in [3.63, 3.8) is 0 Å². The largest absolute Gasteiger partial charge is 0.206 e. The number of hydrogen-bond donors (Lipinski definition) is 0. The Kier molecular flexibility index (Phi) is 3.03. The van der Waals surface area contributed by atoms with Crippen LogP contribution < -0.4 is 0 Å². The first-order valence-electron chi connectivity index (χ1n) is 5.09. The lowest BCUT2D eigenvalue weighted by Crippen LogP contribution is -1.84. The van der Waals surface area contributed by atoms with Crippen molar-refractivity contribution in [2.75, 3.05) is 0 Å². The minimum absolute atomic E-state index is 0.261. The van der Waals surface area contributed by atoms with Crippen LogP contribution in [0.4, 0.5) is 4.39 Å². The summed E-state index contributed by atoms with van der Waals surface area (Å²) < 4.78 is 13.5. The molecule has 0 atom stereocenters. The van der Waals surface area contributed by atoms with E-state index in [2.05, 4.69) is 11.8 Å². The van der Waals surface area contributed by atoms with Crippen LogP contribution in [0, 0.1) is 24.6 Å². The van der Waals surface area contributed by atoms with E-state index in [1.165, 1.54) is 6.07 Å². The molecule has 0 saturated carbocycles. The van der Waals surface area contributed by atoms with Crippen molar-refractivity contribution in [2.45, 2.75) is 6.92 Å². The lowest BCUT2D eigenvalue weighted by atomic mass is 10.1. The fourth-order valence-corrected chi connectivity index (χ4v) is 1.38. The normalized spacial score (nSPS) is 9.38. The number of aryl methyl sites for hydroxylation is 1. The first-order valence-corrected chi connectivity index (χ1v) is 5.09. The van der Waals surface area contributed by atoms with E-state index >= 15 is 0 Å². The first-order chi connectivity index (χ1) is 7.75. The summed E-state index contributed by atoms with van der Waals surface area (Å²) >= 11 is 0. The average molecular weight is 210 g/mol. The Morgan fingerprint density at radius 2 is 1.69 bits per heavy atom. The fourth-order valence-electron chi connectivity index (χ4n) is 1.38. The smallest absolute Gasteiger partial charge is 0.139 e.